The van der Waals surface area contributed by atoms with E-state index in [4.69, 9.17) is 14.5 Å². The highest BCUT2D eigenvalue weighted by atomic mass is 35.5. The zero-order valence-electron chi connectivity index (χ0n) is 15.8. The Morgan fingerprint density at radius 1 is 0.778 bits per heavy atom. The first-order valence-electron chi connectivity index (χ1n) is 9.18. The van der Waals surface area contributed by atoms with Crippen LogP contribution in [0, 0.1) is 0 Å². The molecule has 142 valence electrons. The molecule has 1 aliphatic heterocycles. The zero-order valence-corrected chi connectivity index (χ0v) is 16.6. The van der Waals surface area contributed by atoms with E-state index in [2.05, 4.69) is 28.8 Å². The van der Waals surface area contributed by atoms with Gasteiger partial charge in [-0.1, -0.05) is 6.42 Å². The molecule has 0 bridgehead atoms. The average Bonchev–Trinajstić information content (AvgIpc) is 2.90. The van der Waals surface area contributed by atoms with Crippen LogP contribution in [0.2, 0.25) is 0 Å². The van der Waals surface area contributed by atoms with E-state index in [1.165, 1.54) is 36.3 Å². The summed E-state index contributed by atoms with van der Waals surface area (Å²) in [6, 6.07) is 16.5. The topological polar surface area (TPSA) is 36.3 Å². The van der Waals surface area contributed by atoms with Gasteiger partial charge in [0.15, 0.2) is 0 Å². The lowest BCUT2D eigenvalue weighted by Gasteiger charge is -2.12. The number of ether oxygens (including phenoxy) is 2. The van der Waals surface area contributed by atoms with Crippen LogP contribution in [-0.2, 0) is 13.0 Å². The van der Waals surface area contributed by atoms with E-state index in [1.807, 2.05) is 24.3 Å². The molecule has 0 amide bonds. The normalized spacial score (nSPS) is 13.3. The molecule has 0 atom stereocenters. The molecular formula is C22H25ClN2O2. The molecule has 5 heteroatoms. The number of benzene rings is 2. The lowest BCUT2D eigenvalue weighted by Crippen LogP contribution is -2.02. The molecule has 27 heavy (non-hydrogen) atoms. The van der Waals surface area contributed by atoms with Crippen LogP contribution >= 0.6 is 12.4 Å². The molecule has 0 saturated carbocycles. The van der Waals surface area contributed by atoms with Crippen LogP contribution in [0.15, 0.2) is 48.5 Å². The molecule has 0 spiro atoms. The smallest absolute Gasteiger partial charge is 0.118 e. The number of hydrogen-bond acceptors (Lipinski definition) is 3. The minimum absolute atomic E-state index is 0. The molecule has 4 nitrogen and oxygen atoms in total. The molecule has 1 aromatic heterocycles. The number of fused-ring (bicyclic) bond motifs is 1. The molecule has 0 saturated heterocycles. The fourth-order valence-corrected chi connectivity index (χ4v) is 3.65. The molecule has 0 fully saturated rings. The first kappa shape index (κ1) is 19.3. The van der Waals surface area contributed by atoms with Crippen molar-refractivity contribution in [1.29, 1.82) is 0 Å². The molecular weight excluding hydrogens is 360 g/mol. The standard InChI is InChI=1S/C22H24N2O2.ClH/c1-25-18-11-7-16(8-12-18)21-22(17-9-13-19(26-2)14-10-17)24-15-5-3-4-6-20(24)23-21;/h7-14H,3-6,15H2,1-2H3;1H. The number of aryl methyl sites for hydroxylation is 1. The first-order valence-corrected chi connectivity index (χ1v) is 9.18. The SMILES string of the molecule is COc1ccc(-c2nc3n(c2-c2ccc(OC)cc2)CCCCC3)cc1.Cl. The van der Waals surface area contributed by atoms with Crippen LogP contribution in [-0.4, -0.2) is 23.8 Å². The number of rotatable bonds is 4. The van der Waals surface area contributed by atoms with E-state index in [1.54, 1.807) is 14.2 Å². The minimum atomic E-state index is 0. The molecule has 4 rings (SSSR count). The van der Waals surface area contributed by atoms with Gasteiger partial charge in [0.25, 0.3) is 0 Å². The van der Waals surface area contributed by atoms with E-state index < -0.39 is 0 Å². The van der Waals surface area contributed by atoms with Gasteiger partial charge in [0.1, 0.15) is 17.3 Å². The summed E-state index contributed by atoms with van der Waals surface area (Å²) in [5, 5.41) is 0. The maximum absolute atomic E-state index is 5.32. The summed E-state index contributed by atoms with van der Waals surface area (Å²) in [7, 11) is 3.39. The second kappa shape index (κ2) is 8.49. The summed E-state index contributed by atoms with van der Waals surface area (Å²) in [5.74, 6) is 2.93. The van der Waals surface area contributed by atoms with Gasteiger partial charge in [0, 0.05) is 24.1 Å². The third-order valence-electron chi connectivity index (χ3n) is 5.06. The maximum atomic E-state index is 5.32. The Balaban J connectivity index is 0.00000210. The van der Waals surface area contributed by atoms with E-state index in [0.29, 0.717) is 0 Å². The Bertz CT molecular complexity index is 886. The summed E-state index contributed by atoms with van der Waals surface area (Å²) < 4.78 is 13.0. The first-order chi connectivity index (χ1) is 12.8. The predicted octanol–water partition coefficient (Wildman–Crippen LogP) is 5.38. The summed E-state index contributed by atoms with van der Waals surface area (Å²) >= 11 is 0. The van der Waals surface area contributed by atoms with E-state index >= 15 is 0 Å². The molecule has 3 aromatic rings. The van der Waals surface area contributed by atoms with Crippen LogP contribution < -0.4 is 9.47 Å². The van der Waals surface area contributed by atoms with Gasteiger partial charge in [-0.05, 0) is 61.4 Å². The Hall–Kier alpha value is -2.46. The summed E-state index contributed by atoms with van der Waals surface area (Å²) in [5.41, 5.74) is 4.55. The van der Waals surface area contributed by atoms with Gasteiger partial charge in [-0.3, -0.25) is 0 Å². The van der Waals surface area contributed by atoms with Crippen molar-refractivity contribution in [2.24, 2.45) is 0 Å². The molecule has 0 radical (unpaired) electrons. The van der Waals surface area contributed by atoms with Gasteiger partial charge in [0.05, 0.1) is 25.6 Å². The van der Waals surface area contributed by atoms with E-state index in [0.717, 1.165) is 35.7 Å². The van der Waals surface area contributed by atoms with E-state index in [-0.39, 0.29) is 12.4 Å². The van der Waals surface area contributed by atoms with Crippen LogP contribution in [0.4, 0.5) is 0 Å². The molecule has 0 aliphatic carbocycles. The maximum Gasteiger partial charge on any atom is 0.118 e. The van der Waals surface area contributed by atoms with Crippen molar-refractivity contribution in [3.8, 4) is 34.0 Å². The molecule has 0 unspecified atom stereocenters. The summed E-state index contributed by atoms with van der Waals surface area (Å²) in [6.07, 6.45) is 4.72. The lowest BCUT2D eigenvalue weighted by molar-refractivity contribution is 0.414. The van der Waals surface area contributed by atoms with Gasteiger partial charge in [-0.25, -0.2) is 4.98 Å². The second-order valence-corrected chi connectivity index (χ2v) is 6.64. The Morgan fingerprint density at radius 3 is 1.96 bits per heavy atom. The van der Waals surface area contributed by atoms with Crippen molar-refractivity contribution in [3.05, 3.63) is 54.4 Å². The molecule has 0 N–H and O–H groups in total. The number of halogens is 1. The van der Waals surface area contributed by atoms with Crippen molar-refractivity contribution in [3.63, 3.8) is 0 Å². The Labute approximate surface area is 166 Å². The van der Waals surface area contributed by atoms with E-state index in [9.17, 15) is 0 Å². The third-order valence-corrected chi connectivity index (χ3v) is 5.06. The summed E-state index contributed by atoms with van der Waals surface area (Å²) in [4.78, 5) is 5.05. The van der Waals surface area contributed by atoms with Gasteiger partial charge >= 0.3 is 0 Å². The number of aromatic nitrogens is 2. The number of hydrogen-bond donors (Lipinski definition) is 0. The highest BCUT2D eigenvalue weighted by Gasteiger charge is 2.21. The third kappa shape index (κ3) is 3.81. The lowest BCUT2D eigenvalue weighted by atomic mass is 10.0. The summed E-state index contributed by atoms with van der Waals surface area (Å²) in [6.45, 7) is 1.03. The number of imidazole rings is 1. The predicted molar refractivity (Wildman–Crippen MR) is 111 cm³/mol. The molecule has 2 heterocycles. The van der Waals surface area contributed by atoms with Gasteiger partial charge in [-0.2, -0.15) is 0 Å². The van der Waals surface area contributed by atoms with Crippen molar-refractivity contribution in [1.82, 2.24) is 9.55 Å². The van der Waals surface area contributed by atoms with Crippen molar-refractivity contribution in [2.45, 2.75) is 32.2 Å². The monoisotopic (exact) mass is 384 g/mol. The fraction of sp³-hybridized carbons (Fsp3) is 0.318. The van der Waals surface area contributed by atoms with Crippen molar-refractivity contribution in [2.75, 3.05) is 14.2 Å². The van der Waals surface area contributed by atoms with Gasteiger partial charge in [-0.15, -0.1) is 12.4 Å². The van der Waals surface area contributed by atoms with Crippen LogP contribution in [0.3, 0.4) is 0 Å². The van der Waals surface area contributed by atoms with Crippen LogP contribution in [0.1, 0.15) is 25.1 Å². The van der Waals surface area contributed by atoms with Gasteiger partial charge < -0.3 is 14.0 Å². The number of methoxy groups -OCH3 is 2. The quantitative estimate of drug-likeness (QED) is 0.605. The molecule has 2 aromatic carbocycles. The average molecular weight is 385 g/mol. The second-order valence-electron chi connectivity index (χ2n) is 6.64. The van der Waals surface area contributed by atoms with Crippen LogP contribution in [0.5, 0.6) is 11.5 Å². The highest BCUT2D eigenvalue weighted by molar-refractivity contribution is 5.85. The largest absolute Gasteiger partial charge is 0.497 e. The highest BCUT2D eigenvalue weighted by Crippen LogP contribution is 2.36. The Kier molecular flexibility index (Phi) is 6.07. The minimum Gasteiger partial charge on any atom is -0.497 e. The molecule has 1 aliphatic rings. The van der Waals surface area contributed by atoms with Gasteiger partial charge in [0.2, 0.25) is 0 Å². The number of nitrogens with zero attached hydrogens (tertiary/aromatic N) is 2. The van der Waals surface area contributed by atoms with Crippen molar-refractivity contribution >= 4 is 12.4 Å². The van der Waals surface area contributed by atoms with Crippen molar-refractivity contribution < 1.29 is 9.47 Å². The fourth-order valence-electron chi connectivity index (χ4n) is 3.65. The zero-order chi connectivity index (χ0) is 17.9. The Morgan fingerprint density at radius 2 is 1.37 bits per heavy atom. The van der Waals surface area contributed by atoms with Crippen LogP contribution in [0.25, 0.3) is 22.5 Å².